The van der Waals surface area contributed by atoms with Crippen LogP contribution in [0.1, 0.15) is 19.4 Å². The molecule has 0 bridgehead atoms. The molecule has 3 N–H and O–H groups in total. The van der Waals surface area contributed by atoms with Gasteiger partial charge in [0.1, 0.15) is 16.1 Å². The van der Waals surface area contributed by atoms with E-state index >= 15 is 0 Å². The maximum Gasteiger partial charge on any atom is 0.321 e. The van der Waals surface area contributed by atoms with Gasteiger partial charge in [-0.05, 0) is 48.0 Å². The second kappa shape index (κ2) is 13.2. The van der Waals surface area contributed by atoms with Gasteiger partial charge in [-0.2, -0.15) is 0 Å². The summed E-state index contributed by atoms with van der Waals surface area (Å²) in [6.07, 6.45) is -0.574. The summed E-state index contributed by atoms with van der Waals surface area (Å²) in [5.41, 5.74) is 1.49. The van der Waals surface area contributed by atoms with Gasteiger partial charge in [0.15, 0.2) is 0 Å². The largest absolute Gasteiger partial charge is 0.488 e. The number of aliphatic hydroxyl groups excluding tert-OH is 1. The number of urea groups is 1. The fourth-order valence-electron chi connectivity index (χ4n) is 5.23. The molecule has 5 rings (SSSR count). The molecule has 1 aliphatic heterocycles. The van der Waals surface area contributed by atoms with Crippen LogP contribution in [0.4, 0.5) is 16.2 Å². The lowest BCUT2D eigenvalue weighted by Crippen LogP contribution is -2.48. The summed E-state index contributed by atoms with van der Waals surface area (Å²) in [5.74, 6) is -0.0106. The van der Waals surface area contributed by atoms with E-state index in [1.807, 2.05) is 49.4 Å². The van der Waals surface area contributed by atoms with Crippen LogP contribution in [0.25, 0.3) is 10.8 Å². The monoisotopic (exact) mass is 636 g/mol. The lowest BCUT2D eigenvalue weighted by atomic mass is 10.0. The number of ether oxygens (including phenoxy) is 1. The van der Waals surface area contributed by atoms with Crippen LogP contribution in [-0.2, 0) is 21.2 Å². The number of amides is 3. The van der Waals surface area contributed by atoms with Crippen molar-refractivity contribution in [2.75, 3.05) is 36.8 Å². The predicted octanol–water partition coefficient (Wildman–Crippen LogP) is 5.02. The van der Waals surface area contributed by atoms with Crippen LogP contribution in [0.5, 0.6) is 5.75 Å². The molecule has 10 nitrogen and oxygen atoms in total. The molecule has 1 aliphatic rings. The Balaban J connectivity index is 1.41. The van der Waals surface area contributed by atoms with Crippen molar-refractivity contribution in [3.8, 4) is 5.75 Å². The van der Waals surface area contributed by atoms with E-state index in [2.05, 4.69) is 10.0 Å². The van der Waals surface area contributed by atoms with Gasteiger partial charge in [-0.15, -0.1) is 11.3 Å². The second-order valence-electron chi connectivity index (χ2n) is 11.1. The summed E-state index contributed by atoms with van der Waals surface area (Å²) in [4.78, 5) is 30.0. The Labute approximate surface area is 261 Å². The number of thiophene rings is 1. The average molecular weight is 637 g/mol. The first-order valence-corrected chi connectivity index (χ1v) is 16.7. The molecule has 0 fully saturated rings. The third-order valence-corrected chi connectivity index (χ3v) is 10.5. The summed E-state index contributed by atoms with van der Waals surface area (Å²) in [6.45, 7) is 4.01. The highest BCUT2D eigenvalue weighted by atomic mass is 32.2. The first kappa shape index (κ1) is 31.3. The molecule has 1 aromatic heterocycles. The van der Waals surface area contributed by atoms with Crippen LogP contribution in [-0.4, -0.2) is 74.2 Å². The molecule has 2 heterocycles. The molecule has 3 atom stereocenters. The van der Waals surface area contributed by atoms with Crippen molar-refractivity contribution in [2.24, 2.45) is 5.92 Å². The normalized spacial score (nSPS) is 17.9. The van der Waals surface area contributed by atoms with Crippen LogP contribution >= 0.6 is 11.3 Å². The third-order valence-electron chi connectivity index (χ3n) is 7.76. The van der Waals surface area contributed by atoms with E-state index in [0.717, 1.165) is 22.1 Å². The summed E-state index contributed by atoms with van der Waals surface area (Å²) < 4.78 is 35.0. The number of benzene rings is 3. The number of carbonyl (C=O) groups is 2. The van der Waals surface area contributed by atoms with E-state index in [1.165, 1.54) is 6.07 Å². The van der Waals surface area contributed by atoms with Crippen molar-refractivity contribution in [3.05, 3.63) is 83.7 Å². The topological polar surface area (TPSA) is 128 Å². The van der Waals surface area contributed by atoms with Crippen molar-refractivity contribution >= 4 is 55.4 Å². The maximum absolute atomic E-state index is 13.5. The minimum absolute atomic E-state index is 0.0505. The molecule has 0 radical (unpaired) electrons. The van der Waals surface area contributed by atoms with Gasteiger partial charge in [0.05, 0.1) is 31.3 Å². The van der Waals surface area contributed by atoms with Crippen molar-refractivity contribution < 1.29 is 27.9 Å². The van der Waals surface area contributed by atoms with Gasteiger partial charge in [-0.3, -0.25) is 9.52 Å². The van der Waals surface area contributed by atoms with Crippen molar-refractivity contribution in [3.63, 3.8) is 0 Å². The van der Waals surface area contributed by atoms with Gasteiger partial charge in [0.25, 0.3) is 10.0 Å². The predicted molar refractivity (Wildman–Crippen MR) is 173 cm³/mol. The number of aliphatic hydroxyl groups is 1. The fourth-order valence-corrected chi connectivity index (χ4v) is 7.27. The smallest absolute Gasteiger partial charge is 0.321 e. The molecule has 12 heteroatoms. The molecule has 0 saturated heterocycles. The van der Waals surface area contributed by atoms with Crippen LogP contribution in [0.2, 0.25) is 0 Å². The number of carbonyl (C=O) groups excluding carboxylic acids is 2. The first-order chi connectivity index (χ1) is 21.1. The number of anilines is 2. The van der Waals surface area contributed by atoms with E-state index in [4.69, 9.17) is 4.74 Å². The highest BCUT2D eigenvalue weighted by Crippen LogP contribution is 2.31. The van der Waals surface area contributed by atoms with Gasteiger partial charge in [0, 0.05) is 36.1 Å². The molecule has 0 saturated carbocycles. The molecule has 44 heavy (non-hydrogen) atoms. The number of hydrogen-bond acceptors (Lipinski definition) is 7. The van der Waals surface area contributed by atoms with E-state index in [9.17, 15) is 23.1 Å². The van der Waals surface area contributed by atoms with Gasteiger partial charge < -0.3 is 25.0 Å². The standard InChI is InChI=1S/C32H36N4O6S2/c1-21-18-36(22(2)20-37)30(38)17-24-16-25(34-44(40,41)31-12-7-15-43-31)13-14-28(24)42-29(21)19-35(3)32(39)33-27-11-6-9-23-8-4-5-10-26(23)27/h4-16,21-22,29,34,37H,17-20H2,1-3H3,(H,33,39)/t21-,22+,29-/m0/s1. The van der Waals surface area contributed by atoms with Crippen LogP contribution in [0, 0.1) is 5.92 Å². The molecule has 232 valence electrons. The fraction of sp³-hybridized carbons (Fsp3) is 0.312. The van der Waals surface area contributed by atoms with E-state index in [0.29, 0.717) is 29.2 Å². The molecule has 3 aromatic carbocycles. The van der Waals surface area contributed by atoms with Crippen molar-refractivity contribution in [1.82, 2.24) is 9.80 Å². The summed E-state index contributed by atoms with van der Waals surface area (Å²) in [7, 11) is -2.11. The van der Waals surface area contributed by atoms with Crippen LogP contribution in [0.3, 0.4) is 0 Å². The van der Waals surface area contributed by atoms with Gasteiger partial charge in [-0.25, -0.2) is 13.2 Å². The third kappa shape index (κ3) is 6.98. The molecular formula is C32H36N4O6S2. The zero-order chi connectivity index (χ0) is 31.4. The lowest BCUT2D eigenvalue weighted by Gasteiger charge is -2.34. The summed E-state index contributed by atoms with van der Waals surface area (Å²) in [6, 6.07) is 20.8. The molecule has 4 aromatic rings. The molecule has 0 aliphatic carbocycles. The van der Waals surface area contributed by atoms with Crippen molar-refractivity contribution in [1.29, 1.82) is 0 Å². The lowest BCUT2D eigenvalue weighted by molar-refractivity contribution is -0.134. The number of sulfonamides is 1. The van der Waals surface area contributed by atoms with E-state index in [-0.39, 0.29) is 41.6 Å². The Morgan fingerprint density at radius 3 is 2.66 bits per heavy atom. The number of fused-ring (bicyclic) bond motifs is 2. The number of likely N-dealkylation sites (N-methyl/N-ethyl adjacent to an activating group) is 1. The minimum Gasteiger partial charge on any atom is -0.488 e. The van der Waals surface area contributed by atoms with Crippen molar-refractivity contribution in [2.45, 2.75) is 36.6 Å². The zero-order valence-electron chi connectivity index (χ0n) is 24.8. The van der Waals surface area contributed by atoms with Gasteiger partial charge >= 0.3 is 6.03 Å². The van der Waals surface area contributed by atoms with Crippen LogP contribution < -0.4 is 14.8 Å². The Morgan fingerprint density at radius 1 is 1.14 bits per heavy atom. The number of rotatable bonds is 8. The Hall–Kier alpha value is -4.13. The quantitative estimate of drug-likeness (QED) is 0.249. The SMILES string of the molecule is C[C@H](CO)N1C[C@H](C)[C@H](CN(C)C(=O)Nc2cccc3ccccc23)Oc2ccc(NS(=O)(=O)c3cccs3)cc2CC1=O. The molecule has 0 unspecified atom stereocenters. The average Bonchev–Trinajstić information content (AvgIpc) is 3.57. The maximum atomic E-state index is 13.5. The second-order valence-corrected chi connectivity index (χ2v) is 13.9. The summed E-state index contributed by atoms with van der Waals surface area (Å²) >= 11 is 1.11. The Kier molecular flexibility index (Phi) is 9.42. The number of nitrogens with one attached hydrogen (secondary N) is 2. The Morgan fingerprint density at radius 2 is 1.91 bits per heavy atom. The summed E-state index contributed by atoms with van der Waals surface area (Å²) in [5, 5.41) is 16.5. The zero-order valence-corrected chi connectivity index (χ0v) is 26.4. The van der Waals surface area contributed by atoms with Crippen LogP contribution in [0.15, 0.2) is 82.4 Å². The number of nitrogens with zero attached hydrogens (tertiary/aromatic N) is 2. The molecular weight excluding hydrogens is 601 g/mol. The van der Waals surface area contributed by atoms with Gasteiger partial charge in [-0.1, -0.05) is 49.4 Å². The Bertz CT molecular complexity index is 1740. The first-order valence-electron chi connectivity index (χ1n) is 14.3. The van der Waals surface area contributed by atoms with E-state index < -0.39 is 22.2 Å². The highest BCUT2D eigenvalue weighted by molar-refractivity contribution is 7.94. The molecule has 3 amide bonds. The number of hydrogen-bond donors (Lipinski definition) is 3. The minimum atomic E-state index is -3.80. The van der Waals surface area contributed by atoms with E-state index in [1.54, 1.807) is 53.4 Å². The molecule has 0 spiro atoms. The van der Waals surface area contributed by atoms with Gasteiger partial charge in [0.2, 0.25) is 5.91 Å². The highest BCUT2D eigenvalue weighted by Gasteiger charge is 2.32.